The van der Waals surface area contributed by atoms with Crippen LogP contribution in [0, 0.1) is 0 Å². The van der Waals surface area contributed by atoms with Gasteiger partial charge in [-0.1, -0.05) is 0 Å². The number of rotatable bonds is 7. The molecule has 1 atom stereocenters. The maximum absolute atomic E-state index is 6.16. The van der Waals surface area contributed by atoms with Crippen molar-refractivity contribution in [1.29, 1.82) is 0 Å². The first-order chi connectivity index (χ1) is 7.73. The number of hydrogen-bond acceptors (Lipinski definition) is 4. The van der Waals surface area contributed by atoms with Gasteiger partial charge in [0.05, 0.1) is 0 Å². The monoisotopic (exact) mass is 258 g/mol. The van der Waals surface area contributed by atoms with Crippen molar-refractivity contribution in [1.82, 2.24) is 4.90 Å². The first-order valence-corrected chi connectivity index (χ1v) is 6.81. The first kappa shape index (κ1) is 17.8. The highest BCUT2D eigenvalue weighted by Crippen LogP contribution is 2.26. The Morgan fingerprint density at radius 1 is 0.944 bits per heavy atom. The lowest BCUT2D eigenvalue weighted by Gasteiger charge is -2.45. The largest absolute Gasteiger partial charge is 0.327 e. The molecule has 0 aliphatic rings. The van der Waals surface area contributed by atoms with Crippen LogP contribution >= 0.6 is 0 Å². The SMILES string of the molecule is CC(N)CN(CC(C)(C)N)C(C)(C)CC(C)(C)N. The van der Waals surface area contributed by atoms with E-state index in [-0.39, 0.29) is 22.7 Å². The molecule has 1 unspecified atom stereocenters. The molecule has 0 radical (unpaired) electrons. The maximum atomic E-state index is 6.16. The highest BCUT2D eigenvalue weighted by atomic mass is 15.2. The van der Waals surface area contributed by atoms with Gasteiger partial charge in [-0.2, -0.15) is 0 Å². The molecule has 0 fully saturated rings. The Labute approximate surface area is 113 Å². The van der Waals surface area contributed by atoms with Crippen LogP contribution in [0.3, 0.4) is 0 Å². The fourth-order valence-corrected chi connectivity index (χ4v) is 2.59. The van der Waals surface area contributed by atoms with Crippen LogP contribution in [-0.4, -0.2) is 40.6 Å². The molecule has 6 N–H and O–H groups in total. The lowest BCUT2D eigenvalue weighted by Crippen LogP contribution is -2.58. The third-order valence-corrected chi connectivity index (χ3v) is 2.85. The van der Waals surface area contributed by atoms with E-state index in [9.17, 15) is 0 Å². The van der Waals surface area contributed by atoms with Gasteiger partial charge in [0.1, 0.15) is 0 Å². The lowest BCUT2D eigenvalue weighted by molar-refractivity contribution is 0.0684. The minimum absolute atomic E-state index is 0.0114. The van der Waals surface area contributed by atoms with Crippen LogP contribution in [0.5, 0.6) is 0 Å². The summed E-state index contributed by atoms with van der Waals surface area (Å²) >= 11 is 0. The Kier molecular flexibility index (Phi) is 5.81. The zero-order valence-corrected chi connectivity index (χ0v) is 13.4. The summed E-state index contributed by atoms with van der Waals surface area (Å²) in [5, 5.41) is 0. The quantitative estimate of drug-likeness (QED) is 0.642. The van der Waals surface area contributed by atoms with Crippen LogP contribution in [0.25, 0.3) is 0 Å². The summed E-state index contributed by atoms with van der Waals surface area (Å²) in [4.78, 5) is 2.37. The zero-order valence-electron chi connectivity index (χ0n) is 13.4. The average Bonchev–Trinajstić information content (AvgIpc) is 1.93. The zero-order chi connectivity index (χ0) is 14.8. The number of hydrogen-bond donors (Lipinski definition) is 3. The van der Waals surface area contributed by atoms with E-state index < -0.39 is 0 Å². The van der Waals surface area contributed by atoms with Crippen molar-refractivity contribution < 1.29 is 0 Å². The first-order valence-electron chi connectivity index (χ1n) is 6.81. The molecule has 110 valence electrons. The molecular weight excluding hydrogens is 224 g/mol. The summed E-state index contributed by atoms with van der Waals surface area (Å²) in [5.41, 5.74) is 17.8. The predicted molar refractivity (Wildman–Crippen MR) is 80.5 cm³/mol. The minimum Gasteiger partial charge on any atom is -0.327 e. The van der Waals surface area contributed by atoms with Crippen molar-refractivity contribution in [2.45, 2.75) is 77.5 Å². The molecule has 0 saturated carbocycles. The second-order valence-corrected chi connectivity index (χ2v) is 7.82. The highest BCUT2D eigenvalue weighted by molar-refractivity contribution is 4.93. The van der Waals surface area contributed by atoms with Crippen molar-refractivity contribution in [3.05, 3.63) is 0 Å². The van der Waals surface area contributed by atoms with Crippen LogP contribution < -0.4 is 17.2 Å². The van der Waals surface area contributed by atoms with Crippen molar-refractivity contribution in [2.75, 3.05) is 13.1 Å². The molecule has 0 aliphatic heterocycles. The molecule has 0 bridgehead atoms. The molecule has 0 heterocycles. The predicted octanol–water partition coefficient (Wildman–Crippen LogP) is 1.28. The fourth-order valence-electron chi connectivity index (χ4n) is 2.59. The van der Waals surface area contributed by atoms with Gasteiger partial charge in [-0.25, -0.2) is 0 Å². The van der Waals surface area contributed by atoms with Gasteiger partial charge in [0.25, 0.3) is 0 Å². The van der Waals surface area contributed by atoms with E-state index in [1.807, 2.05) is 20.8 Å². The second kappa shape index (κ2) is 5.87. The smallest absolute Gasteiger partial charge is 0.0226 e. The van der Waals surface area contributed by atoms with E-state index in [0.717, 1.165) is 19.5 Å². The van der Waals surface area contributed by atoms with Crippen LogP contribution in [0.1, 0.15) is 54.9 Å². The van der Waals surface area contributed by atoms with Crippen molar-refractivity contribution in [3.8, 4) is 0 Å². The Morgan fingerprint density at radius 2 is 1.39 bits per heavy atom. The van der Waals surface area contributed by atoms with E-state index in [4.69, 9.17) is 17.2 Å². The van der Waals surface area contributed by atoms with Gasteiger partial charge in [-0.15, -0.1) is 0 Å². The summed E-state index contributed by atoms with van der Waals surface area (Å²) in [6.45, 7) is 16.3. The Morgan fingerprint density at radius 3 is 1.67 bits per heavy atom. The van der Waals surface area contributed by atoms with Gasteiger partial charge in [0.15, 0.2) is 0 Å². The van der Waals surface area contributed by atoms with Crippen LogP contribution in [0.2, 0.25) is 0 Å². The number of nitrogens with zero attached hydrogens (tertiary/aromatic N) is 1. The normalized spacial score (nSPS) is 16.2. The van der Waals surface area contributed by atoms with Crippen LogP contribution in [0.4, 0.5) is 0 Å². The maximum Gasteiger partial charge on any atom is 0.0226 e. The van der Waals surface area contributed by atoms with Crippen molar-refractivity contribution in [2.24, 2.45) is 17.2 Å². The Hall–Kier alpha value is -0.160. The van der Waals surface area contributed by atoms with E-state index >= 15 is 0 Å². The fraction of sp³-hybridized carbons (Fsp3) is 1.00. The third kappa shape index (κ3) is 8.03. The summed E-state index contributed by atoms with van der Waals surface area (Å²) in [6, 6.07) is 0.132. The van der Waals surface area contributed by atoms with E-state index in [1.165, 1.54) is 0 Å². The molecule has 4 nitrogen and oxygen atoms in total. The second-order valence-electron chi connectivity index (χ2n) is 7.82. The minimum atomic E-state index is -0.231. The molecule has 4 heteroatoms. The molecule has 0 aromatic rings. The lowest BCUT2D eigenvalue weighted by atomic mass is 9.85. The van der Waals surface area contributed by atoms with E-state index in [1.54, 1.807) is 0 Å². The summed E-state index contributed by atoms with van der Waals surface area (Å²) in [6.07, 6.45) is 0.906. The molecule has 0 aromatic carbocycles. The molecule has 0 amide bonds. The molecule has 18 heavy (non-hydrogen) atoms. The van der Waals surface area contributed by atoms with E-state index in [0.29, 0.717) is 0 Å². The van der Waals surface area contributed by atoms with Gasteiger partial charge in [0.2, 0.25) is 0 Å². The van der Waals surface area contributed by atoms with Gasteiger partial charge >= 0.3 is 0 Å². The van der Waals surface area contributed by atoms with Crippen molar-refractivity contribution in [3.63, 3.8) is 0 Å². The standard InChI is InChI=1S/C14H34N4/c1-11(15)8-18(10-13(4,5)17)14(6,7)9-12(2,3)16/h11H,8-10,15-17H2,1-7H3. The van der Waals surface area contributed by atoms with Crippen LogP contribution in [0.15, 0.2) is 0 Å². The Balaban J connectivity index is 4.93. The summed E-state index contributed by atoms with van der Waals surface area (Å²) in [5.74, 6) is 0. The topological polar surface area (TPSA) is 81.3 Å². The van der Waals surface area contributed by atoms with Gasteiger partial charge < -0.3 is 17.2 Å². The molecule has 0 aliphatic carbocycles. The molecule has 0 spiro atoms. The highest BCUT2D eigenvalue weighted by Gasteiger charge is 2.34. The molecular formula is C14H34N4. The van der Waals surface area contributed by atoms with Gasteiger partial charge in [0, 0.05) is 35.7 Å². The Bertz CT molecular complexity index is 246. The number of nitrogens with two attached hydrogens (primary N) is 3. The van der Waals surface area contributed by atoms with Crippen LogP contribution in [-0.2, 0) is 0 Å². The van der Waals surface area contributed by atoms with Gasteiger partial charge in [-0.3, -0.25) is 4.90 Å². The molecule has 0 saturated heterocycles. The van der Waals surface area contributed by atoms with Crippen molar-refractivity contribution >= 4 is 0 Å². The molecule has 0 aromatic heterocycles. The summed E-state index contributed by atoms with van der Waals surface area (Å²) in [7, 11) is 0. The van der Waals surface area contributed by atoms with E-state index in [2.05, 4.69) is 32.6 Å². The summed E-state index contributed by atoms with van der Waals surface area (Å²) < 4.78 is 0. The average molecular weight is 258 g/mol. The third-order valence-electron chi connectivity index (χ3n) is 2.85. The van der Waals surface area contributed by atoms with Gasteiger partial charge in [-0.05, 0) is 54.9 Å². The molecule has 0 rings (SSSR count).